The second-order valence-electron chi connectivity index (χ2n) is 5.65. The SMILES string of the molecule is CCCCCCn1cc(C(=O)O)c(=O)c2cc3c(cc21)OCO3. The molecule has 0 amide bonds. The molecule has 0 bridgehead atoms. The third-order valence-electron chi connectivity index (χ3n) is 4.06. The Kier molecular flexibility index (Phi) is 4.23. The van der Waals surface area contributed by atoms with E-state index < -0.39 is 11.4 Å². The Hall–Kier alpha value is -2.50. The number of hydrogen-bond acceptors (Lipinski definition) is 4. The van der Waals surface area contributed by atoms with Crippen molar-refractivity contribution in [1.29, 1.82) is 0 Å². The van der Waals surface area contributed by atoms with Crippen molar-refractivity contribution in [3.63, 3.8) is 0 Å². The maximum atomic E-state index is 12.4. The van der Waals surface area contributed by atoms with Crippen molar-refractivity contribution in [3.05, 3.63) is 34.1 Å². The molecule has 0 atom stereocenters. The zero-order valence-corrected chi connectivity index (χ0v) is 13.0. The van der Waals surface area contributed by atoms with Gasteiger partial charge in [0.1, 0.15) is 5.56 Å². The summed E-state index contributed by atoms with van der Waals surface area (Å²) in [6.45, 7) is 2.91. The van der Waals surface area contributed by atoms with Crippen LogP contribution < -0.4 is 14.9 Å². The minimum absolute atomic E-state index is 0.113. The number of hydrogen-bond donors (Lipinski definition) is 1. The van der Waals surface area contributed by atoms with E-state index in [9.17, 15) is 14.7 Å². The highest BCUT2D eigenvalue weighted by atomic mass is 16.7. The van der Waals surface area contributed by atoms with Gasteiger partial charge in [0.05, 0.1) is 10.9 Å². The van der Waals surface area contributed by atoms with Crippen LogP contribution in [0, 0.1) is 0 Å². The topological polar surface area (TPSA) is 77.8 Å². The fraction of sp³-hybridized carbons (Fsp3) is 0.412. The molecule has 1 aliphatic rings. The van der Waals surface area contributed by atoms with Crippen LogP contribution in [0.15, 0.2) is 23.1 Å². The smallest absolute Gasteiger partial charge is 0.341 e. The highest BCUT2D eigenvalue weighted by Gasteiger charge is 2.20. The van der Waals surface area contributed by atoms with Crippen molar-refractivity contribution in [2.24, 2.45) is 0 Å². The summed E-state index contributed by atoms with van der Waals surface area (Å²) >= 11 is 0. The monoisotopic (exact) mass is 317 g/mol. The molecule has 0 spiro atoms. The van der Waals surface area contributed by atoms with Gasteiger partial charge in [-0.3, -0.25) is 4.79 Å². The average molecular weight is 317 g/mol. The van der Waals surface area contributed by atoms with E-state index in [1.165, 1.54) is 6.20 Å². The molecule has 0 aliphatic carbocycles. The molecule has 1 aromatic heterocycles. The van der Waals surface area contributed by atoms with Gasteiger partial charge in [0, 0.05) is 18.8 Å². The van der Waals surface area contributed by atoms with Gasteiger partial charge < -0.3 is 19.1 Å². The quantitative estimate of drug-likeness (QED) is 0.829. The normalized spacial score (nSPS) is 12.7. The molecule has 0 unspecified atom stereocenters. The summed E-state index contributed by atoms with van der Waals surface area (Å²) < 4.78 is 12.5. The van der Waals surface area contributed by atoms with Gasteiger partial charge in [-0.25, -0.2) is 4.79 Å². The van der Waals surface area contributed by atoms with Crippen molar-refractivity contribution in [2.45, 2.75) is 39.2 Å². The van der Waals surface area contributed by atoms with Crippen LogP contribution in [0.1, 0.15) is 43.0 Å². The molecule has 6 nitrogen and oxygen atoms in total. The molecule has 3 rings (SSSR count). The fourth-order valence-corrected chi connectivity index (χ4v) is 2.83. The maximum absolute atomic E-state index is 12.4. The third kappa shape index (κ3) is 2.88. The van der Waals surface area contributed by atoms with E-state index in [-0.39, 0.29) is 12.4 Å². The lowest BCUT2D eigenvalue weighted by Crippen LogP contribution is -2.19. The van der Waals surface area contributed by atoms with Crippen molar-refractivity contribution in [2.75, 3.05) is 6.79 Å². The number of rotatable bonds is 6. The molecule has 1 aromatic carbocycles. The Morgan fingerprint density at radius 2 is 1.96 bits per heavy atom. The van der Waals surface area contributed by atoms with Gasteiger partial charge in [0.25, 0.3) is 0 Å². The lowest BCUT2D eigenvalue weighted by molar-refractivity contribution is 0.0694. The summed E-state index contributed by atoms with van der Waals surface area (Å²) in [5, 5.41) is 9.63. The molecular weight excluding hydrogens is 298 g/mol. The first-order chi connectivity index (χ1) is 11.1. The lowest BCUT2D eigenvalue weighted by Gasteiger charge is -2.13. The zero-order valence-electron chi connectivity index (χ0n) is 13.0. The standard InChI is InChI=1S/C17H19NO5/c1-2-3-4-5-6-18-9-12(17(20)21)16(19)11-7-14-15(8-13(11)18)23-10-22-14/h7-9H,2-6,10H2,1H3,(H,20,21). The average Bonchev–Trinajstić information content (AvgIpc) is 2.99. The van der Waals surface area contributed by atoms with Crippen molar-refractivity contribution in [3.8, 4) is 11.5 Å². The number of aromatic carboxylic acids is 1. The number of benzene rings is 1. The molecule has 6 heteroatoms. The fourth-order valence-electron chi connectivity index (χ4n) is 2.83. The molecule has 0 saturated carbocycles. The Morgan fingerprint density at radius 3 is 2.65 bits per heavy atom. The third-order valence-corrected chi connectivity index (χ3v) is 4.06. The predicted octanol–water partition coefficient (Wildman–Crippen LogP) is 3.01. The number of carboxylic acids is 1. The van der Waals surface area contributed by atoms with Gasteiger partial charge in [-0.1, -0.05) is 26.2 Å². The Labute approximate surface area is 133 Å². The number of aryl methyl sites for hydroxylation is 1. The number of nitrogens with zero attached hydrogens (tertiary/aromatic N) is 1. The van der Waals surface area contributed by atoms with Crippen LogP contribution in [0.4, 0.5) is 0 Å². The van der Waals surface area contributed by atoms with E-state index >= 15 is 0 Å². The van der Waals surface area contributed by atoms with Gasteiger partial charge in [0.15, 0.2) is 11.5 Å². The number of carbonyl (C=O) groups is 1. The van der Waals surface area contributed by atoms with E-state index in [0.717, 1.165) is 25.7 Å². The molecule has 2 heterocycles. The first kappa shape index (κ1) is 15.4. The van der Waals surface area contributed by atoms with Crippen molar-refractivity contribution in [1.82, 2.24) is 4.57 Å². The molecule has 122 valence electrons. The first-order valence-corrected chi connectivity index (χ1v) is 7.82. The van der Waals surface area contributed by atoms with E-state index in [0.29, 0.717) is 28.9 Å². The second kappa shape index (κ2) is 6.32. The van der Waals surface area contributed by atoms with Gasteiger partial charge in [-0.15, -0.1) is 0 Å². The number of ether oxygens (including phenoxy) is 2. The number of unbranched alkanes of at least 4 members (excludes halogenated alkanes) is 3. The molecule has 1 aliphatic heterocycles. The van der Waals surface area contributed by atoms with Gasteiger partial charge in [-0.2, -0.15) is 0 Å². The largest absolute Gasteiger partial charge is 0.477 e. The molecule has 2 aromatic rings. The van der Waals surface area contributed by atoms with E-state index in [4.69, 9.17) is 9.47 Å². The minimum Gasteiger partial charge on any atom is -0.477 e. The zero-order chi connectivity index (χ0) is 16.4. The first-order valence-electron chi connectivity index (χ1n) is 7.82. The highest BCUT2D eigenvalue weighted by molar-refractivity contribution is 5.93. The number of fused-ring (bicyclic) bond motifs is 2. The van der Waals surface area contributed by atoms with Crippen LogP contribution in [0.3, 0.4) is 0 Å². The molecule has 0 fully saturated rings. The van der Waals surface area contributed by atoms with Crippen LogP contribution in [-0.2, 0) is 6.54 Å². The summed E-state index contributed by atoms with van der Waals surface area (Å²) in [4.78, 5) is 23.8. The lowest BCUT2D eigenvalue weighted by atomic mass is 10.1. The van der Waals surface area contributed by atoms with Crippen molar-refractivity contribution >= 4 is 16.9 Å². The Morgan fingerprint density at radius 1 is 1.22 bits per heavy atom. The summed E-state index contributed by atoms with van der Waals surface area (Å²) in [5.41, 5.74) is -0.0248. The highest BCUT2D eigenvalue weighted by Crippen LogP contribution is 2.35. The second-order valence-corrected chi connectivity index (χ2v) is 5.65. The van der Waals surface area contributed by atoms with Crippen LogP contribution in [0.5, 0.6) is 11.5 Å². The van der Waals surface area contributed by atoms with Crippen LogP contribution >= 0.6 is 0 Å². The number of aromatic nitrogens is 1. The van der Waals surface area contributed by atoms with Crippen LogP contribution in [0.25, 0.3) is 10.9 Å². The molecule has 23 heavy (non-hydrogen) atoms. The van der Waals surface area contributed by atoms with Crippen LogP contribution in [-0.4, -0.2) is 22.4 Å². The van der Waals surface area contributed by atoms with Gasteiger partial charge in [-0.05, 0) is 12.5 Å². The summed E-state index contributed by atoms with van der Waals surface area (Å²) in [6, 6.07) is 3.33. The summed E-state index contributed by atoms with van der Waals surface area (Å²) in [6.07, 6.45) is 5.69. The maximum Gasteiger partial charge on any atom is 0.341 e. The van der Waals surface area contributed by atoms with Crippen LogP contribution in [0.2, 0.25) is 0 Å². The van der Waals surface area contributed by atoms with E-state index in [1.54, 1.807) is 12.1 Å². The van der Waals surface area contributed by atoms with Gasteiger partial charge in [0.2, 0.25) is 12.2 Å². The summed E-state index contributed by atoms with van der Waals surface area (Å²) in [7, 11) is 0. The van der Waals surface area contributed by atoms with Gasteiger partial charge >= 0.3 is 5.97 Å². The Balaban J connectivity index is 2.10. The Bertz CT molecular complexity index is 809. The number of carboxylic acid groups (broad SMARTS) is 1. The van der Waals surface area contributed by atoms with Crippen molar-refractivity contribution < 1.29 is 19.4 Å². The van der Waals surface area contributed by atoms with E-state index in [2.05, 4.69) is 6.92 Å². The number of pyridine rings is 1. The molecule has 1 N–H and O–H groups in total. The minimum atomic E-state index is -1.21. The van der Waals surface area contributed by atoms with E-state index in [1.807, 2.05) is 4.57 Å². The summed E-state index contributed by atoms with van der Waals surface area (Å²) in [5.74, 6) is -0.145. The molecule has 0 radical (unpaired) electrons. The molecule has 0 saturated heterocycles. The molecular formula is C17H19NO5. The predicted molar refractivity (Wildman–Crippen MR) is 85.4 cm³/mol.